The van der Waals surface area contributed by atoms with Crippen molar-refractivity contribution in [1.82, 2.24) is 4.31 Å². The summed E-state index contributed by atoms with van der Waals surface area (Å²) in [4.78, 5) is 11.1. The van der Waals surface area contributed by atoms with Crippen LogP contribution in [0, 0.1) is 0 Å². The average Bonchev–Trinajstić information content (AvgIpc) is 2.46. The Morgan fingerprint density at radius 3 is 2.09 bits per heavy atom. The molecule has 4 nitrogen and oxygen atoms in total. The number of benzene rings is 1. The first-order valence-electron chi connectivity index (χ1n) is 7.32. The van der Waals surface area contributed by atoms with E-state index in [0.29, 0.717) is 19.4 Å². The van der Waals surface area contributed by atoms with Gasteiger partial charge in [0.25, 0.3) is 0 Å². The lowest BCUT2D eigenvalue weighted by Crippen LogP contribution is -2.33. The van der Waals surface area contributed by atoms with Gasteiger partial charge in [0.2, 0.25) is 10.0 Å². The lowest BCUT2D eigenvalue weighted by molar-refractivity contribution is 0.112. The van der Waals surface area contributed by atoms with Crippen molar-refractivity contribution in [1.29, 1.82) is 0 Å². The molecule has 0 saturated heterocycles. The van der Waals surface area contributed by atoms with Crippen LogP contribution in [0.15, 0.2) is 17.0 Å². The smallest absolute Gasteiger partial charge is 0.243 e. The number of halogens is 2. The summed E-state index contributed by atoms with van der Waals surface area (Å²) in [5.74, 6) is 0. The molecular formula is C15H21Cl2NO3S. The van der Waals surface area contributed by atoms with Crippen LogP contribution in [0.3, 0.4) is 0 Å². The fourth-order valence-corrected chi connectivity index (χ4v) is 4.44. The molecule has 1 rings (SSSR count). The number of sulfonamides is 1. The van der Waals surface area contributed by atoms with Gasteiger partial charge in [0.05, 0.1) is 15.5 Å². The number of hydrogen-bond donors (Lipinski definition) is 0. The van der Waals surface area contributed by atoms with Crippen LogP contribution >= 0.6 is 23.2 Å². The summed E-state index contributed by atoms with van der Waals surface area (Å²) in [6, 6.07) is 2.66. The molecule has 0 saturated carbocycles. The van der Waals surface area contributed by atoms with E-state index in [-0.39, 0.29) is 20.5 Å². The molecule has 0 radical (unpaired) electrons. The molecule has 0 heterocycles. The Bertz CT molecular complexity index is 609. The van der Waals surface area contributed by atoms with Crippen molar-refractivity contribution in [2.45, 2.75) is 44.4 Å². The number of carbonyl (C=O) groups excluding carboxylic acids is 1. The van der Waals surface area contributed by atoms with Gasteiger partial charge in [-0.3, -0.25) is 4.79 Å². The fraction of sp³-hybridized carbons (Fsp3) is 0.533. The van der Waals surface area contributed by atoms with E-state index >= 15 is 0 Å². The van der Waals surface area contributed by atoms with E-state index < -0.39 is 10.0 Å². The Morgan fingerprint density at radius 2 is 1.64 bits per heavy atom. The predicted molar refractivity (Wildman–Crippen MR) is 90.4 cm³/mol. The molecular weight excluding hydrogens is 345 g/mol. The summed E-state index contributed by atoms with van der Waals surface area (Å²) < 4.78 is 27.2. The van der Waals surface area contributed by atoms with Gasteiger partial charge in [0.15, 0.2) is 6.29 Å². The van der Waals surface area contributed by atoms with Crippen LogP contribution in [0.1, 0.15) is 49.9 Å². The molecule has 0 unspecified atom stereocenters. The number of aldehydes is 1. The first-order chi connectivity index (χ1) is 10.4. The molecule has 0 N–H and O–H groups in total. The van der Waals surface area contributed by atoms with Crippen LogP contribution in [0.25, 0.3) is 0 Å². The highest BCUT2D eigenvalue weighted by molar-refractivity contribution is 7.89. The molecule has 0 aliphatic heterocycles. The molecule has 0 spiro atoms. The standard InChI is InChI=1S/C15H21Cl2NO3S/c1-3-5-7-18(8-6-4-2)22(20,21)15-10-12(16)9-14(17)13(15)11-19/h9-11H,3-8H2,1-2H3. The number of hydrogen-bond acceptors (Lipinski definition) is 3. The Balaban J connectivity index is 3.32. The summed E-state index contributed by atoms with van der Waals surface area (Å²) in [7, 11) is -3.80. The first kappa shape index (κ1) is 19.4. The van der Waals surface area contributed by atoms with Crippen molar-refractivity contribution in [3.05, 3.63) is 27.7 Å². The van der Waals surface area contributed by atoms with Crippen molar-refractivity contribution >= 4 is 39.5 Å². The van der Waals surface area contributed by atoms with E-state index in [4.69, 9.17) is 23.2 Å². The van der Waals surface area contributed by atoms with Crippen molar-refractivity contribution in [2.75, 3.05) is 13.1 Å². The van der Waals surface area contributed by atoms with E-state index in [2.05, 4.69) is 0 Å². The third kappa shape index (κ3) is 4.69. The van der Waals surface area contributed by atoms with E-state index in [1.165, 1.54) is 16.4 Å². The maximum Gasteiger partial charge on any atom is 0.243 e. The second-order valence-corrected chi connectivity index (χ2v) is 7.78. The van der Waals surface area contributed by atoms with Crippen molar-refractivity contribution in [3.63, 3.8) is 0 Å². The van der Waals surface area contributed by atoms with Crippen LogP contribution in [-0.4, -0.2) is 32.1 Å². The minimum atomic E-state index is -3.80. The molecule has 0 aliphatic carbocycles. The van der Waals surface area contributed by atoms with E-state index in [1.807, 2.05) is 13.8 Å². The zero-order chi connectivity index (χ0) is 16.8. The molecule has 1 aromatic rings. The second-order valence-electron chi connectivity index (χ2n) is 5.03. The van der Waals surface area contributed by atoms with Gasteiger partial charge in [0.1, 0.15) is 0 Å². The van der Waals surface area contributed by atoms with E-state index in [9.17, 15) is 13.2 Å². The molecule has 0 aromatic heterocycles. The number of nitrogens with zero attached hydrogens (tertiary/aromatic N) is 1. The Kier molecular flexibility index (Phi) is 7.83. The molecule has 124 valence electrons. The van der Waals surface area contributed by atoms with Gasteiger partial charge < -0.3 is 0 Å². The highest BCUT2D eigenvalue weighted by Gasteiger charge is 2.28. The van der Waals surface area contributed by atoms with E-state index in [1.54, 1.807) is 0 Å². The van der Waals surface area contributed by atoms with Gasteiger partial charge in [-0.25, -0.2) is 8.42 Å². The summed E-state index contributed by atoms with van der Waals surface area (Å²) in [5, 5.41) is 0.243. The lowest BCUT2D eigenvalue weighted by atomic mass is 10.2. The van der Waals surface area contributed by atoms with Crippen molar-refractivity contribution < 1.29 is 13.2 Å². The predicted octanol–water partition coefficient (Wildman–Crippen LogP) is 4.40. The summed E-state index contributed by atoms with van der Waals surface area (Å²) in [6.45, 7) is 4.83. The van der Waals surface area contributed by atoms with Crippen LogP contribution in [0.4, 0.5) is 0 Å². The molecule has 0 aliphatic rings. The maximum absolute atomic E-state index is 12.9. The van der Waals surface area contributed by atoms with Gasteiger partial charge in [0, 0.05) is 18.1 Å². The largest absolute Gasteiger partial charge is 0.298 e. The molecule has 0 fully saturated rings. The number of carbonyl (C=O) groups is 1. The van der Waals surface area contributed by atoms with Gasteiger partial charge in [-0.2, -0.15) is 4.31 Å². The minimum absolute atomic E-state index is 0.0379. The molecule has 0 amide bonds. The van der Waals surface area contributed by atoms with Crippen molar-refractivity contribution in [2.24, 2.45) is 0 Å². The van der Waals surface area contributed by atoms with Gasteiger partial charge in [-0.05, 0) is 25.0 Å². The zero-order valence-electron chi connectivity index (χ0n) is 12.8. The third-order valence-corrected chi connectivity index (χ3v) is 5.78. The van der Waals surface area contributed by atoms with Gasteiger partial charge in [-0.1, -0.05) is 49.9 Å². The highest BCUT2D eigenvalue weighted by Crippen LogP contribution is 2.29. The average molecular weight is 366 g/mol. The maximum atomic E-state index is 12.9. The lowest BCUT2D eigenvalue weighted by Gasteiger charge is -2.23. The molecule has 22 heavy (non-hydrogen) atoms. The summed E-state index contributed by atoms with van der Waals surface area (Å²) >= 11 is 11.9. The number of rotatable bonds is 9. The minimum Gasteiger partial charge on any atom is -0.298 e. The Morgan fingerprint density at radius 1 is 1.09 bits per heavy atom. The fourth-order valence-electron chi connectivity index (χ4n) is 2.05. The molecule has 0 bridgehead atoms. The summed E-state index contributed by atoms with van der Waals surface area (Å²) in [5.41, 5.74) is -0.0379. The molecule has 1 aromatic carbocycles. The Labute approximate surface area is 142 Å². The van der Waals surface area contributed by atoms with Crippen LogP contribution in [0.2, 0.25) is 10.0 Å². The number of unbranched alkanes of at least 4 members (excludes halogenated alkanes) is 2. The second kappa shape index (κ2) is 8.87. The normalized spacial score (nSPS) is 11.9. The Hall–Kier alpha value is -0.620. The third-order valence-electron chi connectivity index (χ3n) is 3.31. The zero-order valence-corrected chi connectivity index (χ0v) is 15.1. The molecule has 7 heteroatoms. The first-order valence-corrected chi connectivity index (χ1v) is 9.52. The van der Waals surface area contributed by atoms with Crippen LogP contribution < -0.4 is 0 Å². The quantitative estimate of drug-likeness (QED) is 0.609. The van der Waals surface area contributed by atoms with E-state index in [0.717, 1.165) is 25.7 Å². The van der Waals surface area contributed by atoms with Crippen molar-refractivity contribution in [3.8, 4) is 0 Å². The highest BCUT2D eigenvalue weighted by atomic mass is 35.5. The summed E-state index contributed by atoms with van der Waals surface area (Å²) in [6.07, 6.45) is 3.74. The monoisotopic (exact) mass is 365 g/mol. The van der Waals surface area contributed by atoms with Crippen LogP contribution in [-0.2, 0) is 10.0 Å². The molecule has 0 atom stereocenters. The SMILES string of the molecule is CCCCN(CCCC)S(=O)(=O)c1cc(Cl)cc(Cl)c1C=O. The topological polar surface area (TPSA) is 54.5 Å². The van der Waals surface area contributed by atoms with Gasteiger partial charge >= 0.3 is 0 Å². The van der Waals surface area contributed by atoms with Gasteiger partial charge in [-0.15, -0.1) is 0 Å². The van der Waals surface area contributed by atoms with Crippen LogP contribution in [0.5, 0.6) is 0 Å².